The summed E-state index contributed by atoms with van der Waals surface area (Å²) in [4.78, 5) is 0.0842. The maximum absolute atomic E-state index is 11.9. The fraction of sp³-hybridized carbons (Fsp3) is 0.500. The Morgan fingerprint density at radius 3 is 2.69 bits per heavy atom. The van der Waals surface area contributed by atoms with Gasteiger partial charge in [-0.3, -0.25) is 4.68 Å². The second-order valence-electron chi connectivity index (χ2n) is 2.48. The molecule has 0 aliphatic heterocycles. The average Bonchev–Trinajstić information content (AvgIpc) is 2.32. The molecule has 0 unspecified atom stereocenters. The van der Waals surface area contributed by atoms with Gasteiger partial charge >= 0.3 is 0 Å². The first-order chi connectivity index (χ1) is 5.96. The lowest BCUT2D eigenvalue weighted by Gasteiger charge is -1.98. The molecule has 0 atom stereocenters. The minimum absolute atomic E-state index is 0.0517. The van der Waals surface area contributed by atoms with E-state index in [-0.39, 0.29) is 11.4 Å². The lowest BCUT2D eigenvalue weighted by atomic mass is 10.7. The Balaban J connectivity index is 3.14. The minimum atomic E-state index is -3.28. The van der Waals surface area contributed by atoms with Crippen molar-refractivity contribution in [3.8, 4) is 0 Å². The summed E-state index contributed by atoms with van der Waals surface area (Å²) in [7, 11) is -3.28. The maximum atomic E-state index is 11.9. The van der Waals surface area contributed by atoms with Crippen molar-refractivity contribution >= 4 is 25.8 Å². The molecule has 1 rings (SSSR count). The van der Waals surface area contributed by atoms with Gasteiger partial charge in [0, 0.05) is 6.26 Å². The second kappa shape index (κ2) is 3.75. The molecule has 0 aromatic carbocycles. The topological polar surface area (TPSA) is 52.0 Å². The zero-order valence-corrected chi connectivity index (χ0v) is 9.27. The van der Waals surface area contributed by atoms with E-state index in [4.69, 9.17) is 0 Å². The van der Waals surface area contributed by atoms with Crippen LogP contribution in [0.5, 0.6) is 0 Å². The lowest BCUT2D eigenvalue weighted by Crippen LogP contribution is -2.03. The van der Waals surface area contributed by atoms with Crippen LogP contribution in [-0.4, -0.2) is 31.1 Å². The zero-order chi connectivity index (χ0) is 10.1. The molecular formula is C6H8BrFN2O2S. The predicted molar refractivity (Wildman–Crippen MR) is 49.0 cm³/mol. The van der Waals surface area contributed by atoms with Crippen LogP contribution in [-0.2, 0) is 16.4 Å². The molecule has 0 N–H and O–H groups in total. The van der Waals surface area contributed by atoms with E-state index >= 15 is 0 Å². The zero-order valence-electron chi connectivity index (χ0n) is 6.87. The highest BCUT2D eigenvalue weighted by Gasteiger charge is 2.16. The quantitative estimate of drug-likeness (QED) is 0.824. The highest BCUT2D eigenvalue weighted by molar-refractivity contribution is 9.10. The summed E-state index contributed by atoms with van der Waals surface area (Å²) in [6.07, 6.45) is 2.28. The van der Waals surface area contributed by atoms with Gasteiger partial charge in [-0.25, -0.2) is 12.8 Å². The molecule has 0 spiro atoms. The van der Waals surface area contributed by atoms with Crippen LogP contribution >= 0.6 is 15.9 Å². The van der Waals surface area contributed by atoms with E-state index in [1.54, 1.807) is 0 Å². The molecule has 4 nitrogen and oxygen atoms in total. The van der Waals surface area contributed by atoms with Crippen molar-refractivity contribution in [1.82, 2.24) is 9.78 Å². The summed E-state index contributed by atoms with van der Waals surface area (Å²) in [6, 6.07) is 0. The Kier molecular flexibility index (Phi) is 3.07. The molecule has 0 amide bonds. The van der Waals surface area contributed by atoms with Crippen molar-refractivity contribution in [2.75, 3.05) is 12.9 Å². The van der Waals surface area contributed by atoms with Crippen molar-refractivity contribution < 1.29 is 12.8 Å². The van der Waals surface area contributed by atoms with Crippen molar-refractivity contribution in [3.63, 3.8) is 0 Å². The molecule has 0 saturated carbocycles. The smallest absolute Gasteiger partial charge is 0.179 e. The van der Waals surface area contributed by atoms with Crippen LogP contribution in [0.2, 0.25) is 0 Å². The Morgan fingerprint density at radius 2 is 2.31 bits per heavy atom. The van der Waals surface area contributed by atoms with E-state index in [9.17, 15) is 12.8 Å². The molecular weight excluding hydrogens is 263 g/mol. The summed E-state index contributed by atoms with van der Waals surface area (Å²) in [5.74, 6) is 0. The predicted octanol–water partition coefficient (Wildman–Crippen LogP) is 1.02. The van der Waals surface area contributed by atoms with Crippen LogP contribution in [0.15, 0.2) is 15.7 Å². The third-order valence-corrected chi connectivity index (χ3v) is 3.64. The van der Waals surface area contributed by atoms with Crippen molar-refractivity contribution in [3.05, 3.63) is 10.8 Å². The second-order valence-corrected chi connectivity index (χ2v) is 5.22. The van der Waals surface area contributed by atoms with Gasteiger partial charge < -0.3 is 0 Å². The van der Waals surface area contributed by atoms with Gasteiger partial charge in [0.05, 0.1) is 12.7 Å². The average molecular weight is 271 g/mol. The first-order valence-corrected chi connectivity index (χ1v) is 6.12. The number of hydrogen-bond donors (Lipinski definition) is 0. The van der Waals surface area contributed by atoms with Crippen molar-refractivity contribution in [2.45, 2.75) is 11.4 Å². The van der Waals surface area contributed by atoms with Crippen LogP contribution in [0.3, 0.4) is 0 Å². The molecule has 1 heterocycles. The minimum Gasteiger partial charge on any atom is -0.254 e. The SMILES string of the molecule is CS(=O)(=O)c1cnn(CCF)c1Br. The van der Waals surface area contributed by atoms with E-state index in [1.165, 1.54) is 10.9 Å². The Morgan fingerprint density at radius 1 is 1.69 bits per heavy atom. The monoisotopic (exact) mass is 270 g/mol. The van der Waals surface area contributed by atoms with Crippen LogP contribution in [0.1, 0.15) is 0 Å². The number of halogens is 2. The lowest BCUT2D eigenvalue weighted by molar-refractivity contribution is 0.423. The number of hydrogen-bond acceptors (Lipinski definition) is 3. The van der Waals surface area contributed by atoms with Crippen LogP contribution < -0.4 is 0 Å². The van der Waals surface area contributed by atoms with E-state index in [1.807, 2.05) is 0 Å². The molecule has 1 aromatic rings. The van der Waals surface area contributed by atoms with Crippen molar-refractivity contribution in [2.24, 2.45) is 0 Å². The van der Waals surface area contributed by atoms with Gasteiger partial charge in [-0.05, 0) is 15.9 Å². The summed E-state index contributed by atoms with van der Waals surface area (Å²) >= 11 is 3.04. The number of aromatic nitrogens is 2. The van der Waals surface area contributed by atoms with Gasteiger partial charge in [0.2, 0.25) is 0 Å². The molecule has 0 radical (unpaired) electrons. The Labute approximate surface area is 83.8 Å². The summed E-state index contributed by atoms with van der Waals surface area (Å²) in [5.41, 5.74) is 0. The summed E-state index contributed by atoms with van der Waals surface area (Å²) in [6.45, 7) is -0.528. The normalized spacial score (nSPS) is 11.9. The van der Waals surface area contributed by atoms with Gasteiger partial charge in [-0.15, -0.1) is 0 Å². The number of sulfone groups is 1. The number of aryl methyl sites for hydroxylation is 1. The Bertz CT molecular complexity index is 401. The standard InChI is InChI=1S/C6H8BrFN2O2S/c1-13(11,12)5-4-9-10(3-2-8)6(5)7/h4H,2-3H2,1H3. The van der Waals surface area contributed by atoms with Gasteiger partial charge in [0.15, 0.2) is 9.84 Å². The molecule has 0 fully saturated rings. The van der Waals surface area contributed by atoms with Gasteiger partial charge in [0.1, 0.15) is 16.2 Å². The van der Waals surface area contributed by atoms with E-state index in [2.05, 4.69) is 21.0 Å². The molecule has 13 heavy (non-hydrogen) atoms. The van der Waals surface area contributed by atoms with Crippen molar-refractivity contribution in [1.29, 1.82) is 0 Å². The van der Waals surface area contributed by atoms with Gasteiger partial charge in [0.25, 0.3) is 0 Å². The Hall–Kier alpha value is -0.430. The third-order valence-electron chi connectivity index (χ3n) is 1.44. The molecule has 0 aliphatic carbocycles. The van der Waals surface area contributed by atoms with E-state index in [0.29, 0.717) is 4.60 Å². The largest absolute Gasteiger partial charge is 0.254 e. The summed E-state index contributed by atoms with van der Waals surface area (Å²) < 4.78 is 35.7. The number of nitrogens with zero attached hydrogens (tertiary/aromatic N) is 2. The molecule has 1 aromatic heterocycles. The van der Waals surface area contributed by atoms with Crippen LogP contribution in [0, 0.1) is 0 Å². The molecule has 74 valence electrons. The van der Waals surface area contributed by atoms with Gasteiger partial charge in [-0.2, -0.15) is 5.10 Å². The highest BCUT2D eigenvalue weighted by atomic mass is 79.9. The van der Waals surface area contributed by atoms with E-state index < -0.39 is 16.5 Å². The fourth-order valence-electron chi connectivity index (χ4n) is 0.838. The fourth-order valence-corrected chi connectivity index (χ4v) is 2.74. The van der Waals surface area contributed by atoms with Crippen LogP contribution in [0.4, 0.5) is 4.39 Å². The number of alkyl halides is 1. The highest BCUT2D eigenvalue weighted by Crippen LogP contribution is 2.20. The first-order valence-electron chi connectivity index (χ1n) is 3.44. The van der Waals surface area contributed by atoms with E-state index in [0.717, 1.165) is 6.26 Å². The summed E-state index contributed by atoms with van der Waals surface area (Å²) in [5, 5.41) is 3.72. The first kappa shape index (κ1) is 10.6. The van der Waals surface area contributed by atoms with Gasteiger partial charge in [-0.1, -0.05) is 0 Å². The van der Waals surface area contributed by atoms with Crippen LogP contribution in [0.25, 0.3) is 0 Å². The third kappa shape index (κ3) is 2.28. The molecule has 0 saturated heterocycles. The number of rotatable bonds is 3. The molecule has 0 aliphatic rings. The molecule has 7 heteroatoms. The molecule has 0 bridgehead atoms. The maximum Gasteiger partial charge on any atom is 0.179 e.